The second kappa shape index (κ2) is 8.75. The molecular formula is C21H21F2N5O3S. The van der Waals surface area contributed by atoms with Crippen molar-refractivity contribution in [3.05, 3.63) is 60.4 Å². The van der Waals surface area contributed by atoms with Crippen molar-refractivity contribution in [1.29, 1.82) is 0 Å². The van der Waals surface area contributed by atoms with Gasteiger partial charge in [0.1, 0.15) is 22.9 Å². The van der Waals surface area contributed by atoms with Crippen LogP contribution in [0.1, 0.15) is 12.8 Å². The molecule has 0 bridgehead atoms. The third-order valence-corrected chi connectivity index (χ3v) is 7.39. The molecule has 1 fully saturated rings. The maximum absolute atomic E-state index is 14.0. The first kappa shape index (κ1) is 22.0. The summed E-state index contributed by atoms with van der Waals surface area (Å²) in [5, 5.41) is 10.8. The van der Waals surface area contributed by atoms with Crippen molar-refractivity contribution in [1.82, 2.24) is 19.1 Å². The van der Waals surface area contributed by atoms with Crippen molar-refractivity contribution in [2.24, 2.45) is 13.0 Å². The SMILES string of the molecule is Cn1cnnc1-c1ccccc1NC(=O)C1CCN(S(=O)(=O)c2cc(F)ccc2F)CC1. The van der Waals surface area contributed by atoms with Crippen molar-refractivity contribution < 1.29 is 22.0 Å². The van der Waals surface area contributed by atoms with E-state index in [2.05, 4.69) is 15.5 Å². The predicted molar refractivity (Wildman–Crippen MR) is 113 cm³/mol. The summed E-state index contributed by atoms with van der Waals surface area (Å²) in [5.74, 6) is -1.91. The smallest absolute Gasteiger partial charge is 0.246 e. The molecule has 1 amide bonds. The average molecular weight is 461 g/mol. The molecule has 0 aliphatic carbocycles. The maximum atomic E-state index is 14.0. The summed E-state index contributed by atoms with van der Waals surface area (Å²) >= 11 is 0. The molecular weight excluding hydrogens is 440 g/mol. The van der Waals surface area contributed by atoms with Crippen molar-refractivity contribution in [2.75, 3.05) is 18.4 Å². The zero-order valence-electron chi connectivity index (χ0n) is 17.2. The van der Waals surface area contributed by atoms with E-state index in [0.717, 1.165) is 16.4 Å². The van der Waals surface area contributed by atoms with Crippen LogP contribution in [0.2, 0.25) is 0 Å². The van der Waals surface area contributed by atoms with Gasteiger partial charge in [-0.1, -0.05) is 12.1 Å². The second-order valence-corrected chi connectivity index (χ2v) is 9.46. The molecule has 11 heteroatoms. The number of para-hydroxylation sites is 1. The Balaban J connectivity index is 1.45. The van der Waals surface area contributed by atoms with E-state index in [4.69, 9.17) is 0 Å². The number of aryl methyl sites for hydroxylation is 1. The Morgan fingerprint density at radius 1 is 1.12 bits per heavy atom. The van der Waals surface area contributed by atoms with E-state index in [0.29, 0.717) is 23.1 Å². The molecule has 2 heterocycles. The minimum atomic E-state index is -4.20. The lowest BCUT2D eigenvalue weighted by Crippen LogP contribution is -2.41. The van der Waals surface area contributed by atoms with Crippen molar-refractivity contribution in [3.8, 4) is 11.4 Å². The number of benzene rings is 2. The number of carbonyl (C=O) groups is 1. The van der Waals surface area contributed by atoms with Crippen molar-refractivity contribution >= 4 is 21.6 Å². The molecule has 0 atom stereocenters. The van der Waals surface area contributed by atoms with Crippen LogP contribution in [-0.4, -0.2) is 46.5 Å². The van der Waals surface area contributed by atoms with Crippen molar-refractivity contribution in [2.45, 2.75) is 17.7 Å². The van der Waals surface area contributed by atoms with E-state index in [1.165, 1.54) is 0 Å². The van der Waals surface area contributed by atoms with Gasteiger partial charge in [-0.25, -0.2) is 17.2 Å². The van der Waals surface area contributed by atoms with Gasteiger partial charge in [-0.05, 0) is 43.2 Å². The fraction of sp³-hybridized carbons (Fsp3) is 0.286. The van der Waals surface area contributed by atoms with E-state index in [9.17, 15) is 22.0 Å². The monoisotopic (exact) mass is 461 g/mol. The molecule has 0 radical (unpaired) electrons. The lowest BCUT2D eigenvalue weighted by atomic mass is 9.97. The normalized spacial score (nSPS) is 15.6. The highest BCUT2D eigenvalue weighted by molar-refractivity contribution is 7.89. The fourth-order valence-electron chi connectivity index (χ4n) is 3.72. The van der Waals surface area contributed by atoms with Crippen molar-refractivity contribution in [3.63, 3.8) is 0 Å². The molecule has 0 spiro atoms. The number of rotatable bonds is 5. The molecule has 1 aromatic heterocycles. The summed E-state index contributed by atoms with van der Waals surface area (Å²) in [6.45, 7) is 0.0581. The van der Waals surface area contributed by atoms with Gasteiger partial charge in [0.15, 0.2) is 5.82 Å². The lowest BCUT2D eigenvalue weighted by Gasteiger charge is -2.30. The number of sulfonamides is 1. The molecule has 2 aromatic carbocycles. The Labute approximate surface area is 183 Å². The van der Waals surface area contributed by atoms with Gasteiger partial charge in [0, 0.05) is 31.6 Å². The van der Waals surface area contributed by atoms with Gasteiger partial charge >= 0.3 is 0 Å². The number of piperidine rings is 1. The molecule has 0 unspecified atom stereocenters. The number of anilines is 1. The average Bonchev–Trinajstić information content (AvgIpc) is 3.21. The van der Waals surface area contributed by atoms with Gasteiger partial charge < -0.3 is 9.88 Å². The van der Waals surface area contributed by atoms with Crippen LogP contribution in [0.4, 0.5) is 14.5 Å². The minimum absolute atomic E-state index is 0.0291. The molecule has 1 aliphatic heterocycles. The van der Waals surface area contributed by atoms with Crippen LogP contribution >= 0.6 is 0 Å². The molecule has 0 saturated carbocycles. The Kier molecular flexibility index (Phi) is 6.02. The first-order valence-corrected chi connectivity index (χ1v) is 11.4. The van der Waals surface area contributed by atoms with Gasteiger partial charge in [0.25, 0.3) is 0 Å². The Morgan fingerprint density at radius 2 is 1.84 bits per heavy atom. The number of amides is 1. The number of nitrogens with zero attached hydrogens (tertiary/aromatic N) is 4. The van der Waals surface area contributed by atoms with Gasteiger partial charge in [0.05, 0.1) is 5.69 Å². The third kappa shape index (κ3) is 4.26. The summed E-state index contributed by atoms with van der Waals surface area (Å²) in [4.78, 5) is 12.2. The van der Waals surface area contributed by atoms with E-state index < -0.39 is 32.5 Å². The van der Waals surface area contributed by atoms with E-state index in [1.807, 2.05) is 12.1 Å². The molecule has 32 heavy (non-hydrogen) atoms. The lowest BCUT2D eigenvalue weighted by molar-refractivity contribution is -0.120. The van der Waals surface area contributed by atoms with E-state index in [1.54, 1.807) is 30.1 Å². The number of hydrogen-bond acceptors (Lipinski definition) is 5. The molecule has 1 saturated heterocycles. The summed E-state index contributed by atoms with van der Waals surface area (Å²) in [6, 6.07) is 9.52. The largest absolute Gasteiger partial charge is 0.325 e. The van der Waals surface area contributed by atoms with Crippen LogP contribution in [0.25, 0.3) is 11.4 Å². The van der Waals surface area contributed by atoms with Crippen LogP contribution < -0.4 is 5.32 Å². The van der Waals surface area contributed by atoms with Crippen LogP contribution in [0.5, 0.6) is 0 Å². The molecule has 1 N–H and O–H groups in total. The molecule has 168 valence electrons. The number of nitrogens with one attached hydrogen (secondary N) is 1. The zero-order chi connectivity index (χ0) is 22.9. The summed E-state index contributed by atoms with van der Waals surface area (Å²) in [6.07, 6.45) is 2.08. The topological polar surface area (TPSA) is 97.2 Å². The standard InChI is InChI=1S/C21H21F2N5O3S/c1-27-13-24-26-20(27)16-4-2-3-5-18(16)25-21(29)14-8-10-28(11-9-14)32(30,31)19-12-15(22)6-7-17(19)23/h2-7,12-14H,8-11H2,1H3,(H,25,29). The highest BCUT2D eigenvalue weighted by Gasteiger charge is 2.34. The van der Waals surface area contributed by atoms with Crippen LogP contribution in [0, 0.1) is 17.6 Å². The van der Waals surface area contributed by atoms with E-state index >= 15 is 0 Å². The van der Waals surface area contributed by atoms with Crippen LogP contribution in [-0.2, 0) is 21.9 Å². The predicted octanol–water partition coefficient (Wildman–Crippen LogP) is 2.80. The van der Waals surface area contributed by atoms with E-state index in [-0.39, 0.29) is 31.8 Å². The molecule has 8 nitrogen and oxygen atoms in total. The quantitative estimate of drug-likeness (QED) is 0.630. The fourth-order valence-corrected chi connectivity index (χ4v) is 5.27. The van der Waals surface area contributed by atoms with Gasteiger partial charge in [0.2, 0.25) is 15.9 Å². The van der Waals surface area contributed by atoms with Crippen LogP contribution in [0.15, 0.2) is 53.7 Å². The Bertz CT molecular complexity index is 1250. The molecule has 4 rings (SSSR count). The van der Waals surface area contributed by atoms with Gasteiger partial charge in [-0.15, -0.1) is 10.2 Å². The highest BCUT2D eigenvalue weighted by atomic mass is 32.2. The van der Waals surface area contributed by atoms with Gasteiger partial charge in [-0.2, -0.15) is 4.31 Å². The Morgan fingerprint density at radius 3 is 2.53 bits per heavy atom. The number of hydrogen-bond donors (Lipinski definition) is 1. The Hall–Kier alpha value is -3.18. The van der Waals surface area contributed by atoms with Crippen LogP contribution in [0.3, 0.4) is 0 Å². The molecule has 1 aliphatic rings. The summed E-state index contributed by atoms with van der Waals surface area (Å²) in [7, 11) is -2.40. The minimum Gasteiger partial charge on any atom is -0.325 e. The zero-order valence-corrected chi connectivity index (χ0v) is 18.0. The number of aromatic nitrogens is 3. The number of halogens is 2. The summed E-state index contributed by atoms with van der Waals surface area (Å²) < 4.78 is 55.8. The first-order chi connectivity index (χ1) is 15.3. The second-order valence-electron chi connectivity index (χ2n) is 7.55. The summed E-state index contributed by atoms with van der Waals surface area (Å²) in [5.41, 5.74) is 1.29. The first-order valence-electron chi connectivity index (χ1n) is 9.97. The molecule has 3 aromatic rings. The third-order valence-electron chi connectivity index (χ3n) is 5.47. The van der Waals surface area contributed by atoms with Gasteiger partial charge in [-0.3, -0.25) is 4.79 Å². The highest BCUT2D eigenvalue weighted by Crippen LogP contribution is 2.29. The maximum Gasteiger partial charge on any atom is 0.246 e. The number of carbonyl (C=O) groups excluding carboxylic acids is 1.